The second kappa shape index (κ2) is 12.0. The predicted octanol–water partition coefficient (Wildman–Crippen LogP) is 4.47. The Labute approximate surface area is 98.0 Å². The Morgan fingerprint density at radius 2 is 1.53 bits per heavy atom. The summed E-state index contributed by atoms with van der Waals surface area (Å²) in [4.78, 5) is 0. The minimum Gasteiger partial charge on any atom is -0.314 e. The summed E-state index contributed by atoms with van der Waals surface area (Å²) in [6.07, 6.45) is 4.09. The summed E-state index contributed by atoms with van der Waals surface area (Å²) in [6.45, 7) is 16.2. The van der Waals surface area contributed by atoms with Crippen LogP contribution in [-0.2, 0) is 0 Å². The molecule has 1 N–H and O–H groups in total. The molecule has 0 aromatic heterocycles. The maximum atomic E-state index is 3.55. The van der Waals surface area contributed by atoms with E-state index in [4.69, 9.17) is 0 Å². The van der Waals surface area contributed by atoms with Crippen LogP contribution in [0.5, 0.6) is 0 Å². The van der Waals surface area contributed by atoms with E-state index in [1.54, 1.807) is 0 Å². The largest absolute Gasteiger partial charge is 0.314 e. The molecule has 1 heterocycles. The third kappa shape index (κ3) is 6.19. The van der Waals surface area contributed by atoms with Gasteiger partial charge in [0.15, 0.2) is 0 Å². The molecule has 0 aromatic carbocycles. The zero-order valence-electron chi connectivity index (χ0n) is 12.1. The third-order valence-corrected chi connectivity index (χ3v) is 3.22. The van der Waals surface area contributed by atoms with E-state index in [1.807, 2.05) is 27.7 Å². The van der Waals surface area contributed by atoms with E-state index < -0.39 is 0 Å². The van der Waals surface area contributed by atoms with Crippen molar-refractivity contribution < 1.29 is 0 Å². The predicted molar refractivity (Wildman–Crippen MR) is 72.3 cm³/mol. The normalized spacial score (nSPS) is 29.4. The highest BCUT2D eigenvalue weighted by molar-refractivity contribution is 4.82. The van der Waals surface area contributed by atoms with Crippen molar-refractivity contribution in [1.29, 1.82) is 0 Å². The Balaban J connectivity index is 0. The Morgan fingerprint density at radius 1 is 1.00 bits per heavy atom. The van der Waals surface area contributed by atoms with Gasteiger partial charge in [0.25, 0.3) is 0 Å². The summed E-state index contributed by atoms with van der Waals surface area (Å²) >= 11 is 0. The number of piperidine rings is 1. The van der Waals surface area contributed by atoms with Crippen molar-refractivity contribution in [3.05, 3.63) is 0 Å². The van der Waals surface area contributed by atoms with Gasteiger partial charge in [0.2, 0.25) is 0 Å². The first-order chi connectivity index (χ1) is 7.29. The van der Waals surface area contributed by atoms with Gasteiger partial charge in [0.1, 0.15) is 0 Å². The lowest BCUT2D eigenvalue weighted by Gasteiger charge is -2.36. The summed E-state index contributed by atoms with van der Waals surface area (Å²) < 4.78 is 0. The fourth-order valence-electron chi connectivity index (χ4n) is 2.46. The fourth-order valence-corrected chi connectivity index (χ4v) is 2.46. The van der Waals surface area contributed by atoms with Gasteiger partial charge >= 0.3 is 0 Å². The zero-order valence-corrected chi connectivity index (χ0v) is 12.1. The average molecular weight is 215 g/mol. The monoisotopic (exact) mass is 215 g/mol. The van der Waals surface area contributed by atoms with Crippen molar-refractivity contribution in [2.24, 2.45) is 11.8 Å². The SMILES string of the molecule is CC.CC.CCC1CCNC(C)C1CC. The lowest BCUT2D eigenvalue weighted by Crippen LogP contribution is -2.43. The van der Waals surface area contributed by atoms with Crippen molar-refractivity contribution in [3.63, 3.8) is 0 Å². The van der Waals surface area contributed by atoms with Gasteiger partial charge < -0.3 is 5.32 Å². The Hall–Kier alpha value is -0.0400. The lowest BCUT2D eigenvalue weighted by atomic mass is 9.78. The summed E-state index contributed by atoms with van der Waals surface area (Å²) in [5.41, 5.74) is 0. The Bertz CT molecular complexity index is 112. The molecule has 0 aromatic rings. The van der Waals surface area contributed by atoms with Crippen molar-refractivity contribution in [2.75, 3.05) is 6.54 Å². The Kier molecular flexibility index (Phi) is 13.9. The Morgan fingerprint density at radius 3 is 1.87 bits per heavy atom. The molecule has 3 atom stereocenters. The van der Waals surface area contributed by atoms with Crippen molar-refractivity contribution in [2.45, 2.75) is 73.8 Å². The molecule has 1 rings (SSSR count). The summed E-state index contributed by atoms with van der Waals surface area (Å²) in [6, 6.07) is 0.749. The molecule has 0 amide bonds. The van der Waals surface area contributed by atoms with Gasteiger partial charge in [-0.05, 0) is 31.7 Å². The van der Waals surface area contributed by atoms with Crippen LogP contribution in [0.15, 0.2) is 0 Å². The zero-order chi connectivity index (χ0) is 12.3. The van der Waals surface area contributed by atoms with Crippen LogP contribution in [-0.4, -0.2) is 12.6 Å². The molecule has 1 aliphatic rings. The molecule has 1 aliphatic heterocycles. The topological polar surface area (TPSA) is 12.0 Å². The van der Waals surface area contributed by atoms with E-state index >= 15 is 0 Å². The summed E-state index contributed by atoms with van der Waals surface area (Å²) in [5, 5.41) is 3.55. The highest BCUT2D eigenvalue weighted by Gasteiger charge is 2.27. The maximum absolute atomic E-state index is 3.55. The molecule has 0 spiro atoms. The van der Waals surface area contributed by atoms with Crippen LogP contribution in [0.1, 0.15) is 67.7 Å². The van der Waals surface area contributed by atoms with Crippen LogP contribution < -0.4 is 5.32 Å². The van der Waals surface area contributed by atoms with E-state index in [-0.39, 0.29) is 0 Å². The standard InChI is InChI=1S/C10H21N.2C2H6/c1-4-9-6-7-11-8(3)10(9)5-2;2*1-2/h8-11H,4-7H2,1-3H3;2*1-2H3. The highest BCUT2D eigenvalue weighted by atomic mass is 14.9. The molecular weight excluding hydrogens is 182 g/mol. The second-order valence-electron chi connectivity index (χ2n) is 3.77. The maximum Gasteiger partial charge on any atom is 0.00695 e. The van der Waals surface area contributed by atoms with Crippen LogP contribution in [0.3, 0.4) is 0 Å². The first kappa shape index (κ1) is 17.4. The number of hydrogen-bond donors (Lipinski definition) is 1. The van der Waals surface area contributed by atoms with Gasteiger partial charge in [0, 0.05) is 6.04 Å². The van der Waals surface area contributed by atoms with Crippen LogP contribution in [0, 0.1) is 11.8 Å². The van der Waals surface area contributed by atoms with Gasteiger partial charge in [-0.15, -0.1) is 0 Å². The van der Waals surface area contributed by atoms with Gasteiger partial charge in [0.05, 0.1) is 0 Å². The molecule has 0 bridgehead atoms. The van der Waals surface area contributed by atoms with Crippen LogP contribution in [0.25, 0.3) is 0 Å². The van der Waals surface area contributed by atoms with Crippen molar-refractivity contribution in [3.8, 4) is 0 Å². The quantitative estimate of drug-likeness (QED) is 0.716. The first-order valence-corrected chi connectivity index (χ1v) is 7.03. The molecular formula is C14H33N. The number of rotatable bonds is 2. The van der Waals surface area contributed by atoms with Crippen molar-refractivity contribution in [1.82, 2.24) is 5.32 Å². The van der Waals surface area contributed by atoms with Crippen LogP contribution >= 0.6 is 0 Å². The molecule has 1 heteroatoms. The van der Waals surface area contributed by atoms with E-state index in [1.165, 1.54) is 25.8 Å². The molecule has 0 radical (unpaired) electrons. The van der Waals surface area contributed by atoms with Gasteiger partial charge in [-0.3, -0.25) is 0 Å². The van der Waals surface area contributed by atoms with Gasteiger partial charge in [-0.25, -0.2) is 0 Å². The van der Waals surface area contributed by atoms with Crippen LogP contribution in [0.4, 0.5) is 0 Å². The van der Waals surface area contributed by atoms with E-state index in [0.717, 1.165) is 17.9 Å². The molecule has 94 valence electrons. The lowest BCUT2D eigenvalue weighted by molar-refractivity contribution is 0.188. The molecule has 3 unspecified atom stereocenters. The second-order valence-corrected chi connectivity index (χ2v) is 3.77. The molecule has 1 saturated heterocycles. The molecule has 0 saturated carbocycles. The molecule has 0 aliphatic carbocycles. The van der Waals surface area contributed by atoms with E-state index in [0.29, 0.717) is 0 Å². The van der Waals surface area contributed by atoms with E-state index in [2.05, 4.69) is 26.1 Å². The van der Waals surface area contributed by atoms with Crippen LogP contribution in [0.2, 0.25) is 0 Å². The first-order valence-electron chi connectivity index (χ1n) is 7.03. The highest BCUT2D eigenvalue weighted by Crippen LogP contribution is 2.28. The molecule has 1 fully saturated rings. The molecule has 1 nitrogen and oxygen atoms in total. The average Bonchev–Trinajstić information content (AvgIpc) is 2.33. The van der Waals surface area contributed by atoms with Gasteiger partial charge in [-0.1, -0.05) is 54.4 Å². The summed E-state index contributed by atoms with van der Waals surface area (Å²) in [5.74, 6) is 1.91. The van der Waals surface area contributed by atoms with Crippen molar-refractivity contribution >= 4 is 0 Å². The third-order valence-electron chi connectivity index (χ3n) is 3.22. The smallest absolute Gasteiger partial charge is 0.00695 e. The summed E-state index contributed by atoms with van der Waals surface area (Å²) in [7, 11) is 0. The minimum atomic E-state index is 0.749. The minimum absolute atomic E-state index is 0.749. The fraction of sp³-hybridized carbons (Fsp3) is 1.00. The number of hydrogen-bond acceptors (Lipinski definition) is 1. The van der Waals surface area contributed by atoms with E-state index in [9.17, 15) is 0 Å². The van der Waals surface area contributed by atoms with Gasteiger partial charge in [-0.2, -0.15) is 0 Å². The molecule has 15 heavy (non-hydrogen) atoms. The number of nitrogens with one attached hydrogen (secondary N) is 1.